The molecular weight excluding hydrogens is 246 g/mol. The molecule has 1 atom stereocenters. The number of anilines is 1. The summed E-state index contributed by atoms with van der Waals surface area (Å²) >= 11 is 0. The third-order valence-corrected chi connectivity index (χ3v) is 3.00. The number of carbonyl (C=O) groups is 1. The van der Waals surface area contributed by atoms with Gasteiger partial charge in [0.25, 0.3) is 6.01 Å². The minimum Gasteiger partial charge on any atom is -0.444 e. The van der Waals surface area contributed by atoms with Gasteiger partial charge in [0.15, 0.2) is 0 Å². The number of piperidine rings is 1. The maximum absolute atomic E-state index is 12.2. The number of ether oxygens (including phenoxy) is 1. The quantitative estimate of drug-likeness (QED) is 0.846. The van der Waals surface area contributed by atoms with E-state index in [4.69, 9.17) is 14.9 Å². The molecule has 106 valence electrons. The van der Waals surface area contributed by atoms with Crippen LogP contribution in [-0.2, 0) is 4.74 Å². The van der Waals surface area contributed by atoms with Gasteiger partial charge in [0.2, 0.25) is 0 Å². The SMILES string of the molecule is CC(C)(C)OC(=O)N1CCCCC1c1cnc(N)o1. The molecule has 2 rings (SSSR count). The second kappa shape index (κ2) is 5.11. The van der Waals surface area contributed by atoms with E-state index in [0.717, 1.165) is 19.3 Å². The molecule has 1 fully saturated rings. The average Bonchev–Trinajstić information content (AvgIpc) is 2.73. The summed E-state index contributed by atoms with van der Waals surface area (Å²) in [5, 5.41) is 0. The highest BCUT2D eigenvalue weighted by atomic mass is 16.6. The van der Waals surface area contributed by atoms with Gasteiger partial charge >= 0.3 is 6.09 Å². The van der Waals surface area contributed by atoms with Crippen LogP contribution in [0.15, 0.2) is 10.6 Å². The van der Waals surface area contributed by atoms with Gasteiger partial charge in [-0.05, 0) is 40.0 Å². The normalized spacial score (nSPS) is 20.4. The minimum atomic E-state index is -0.500. The number of oxazole rings is 1. The number of hydrogen-bond acceptors (Lipinski definition) is 5. The second-order valence-electron chi connectivity index (χ2n) is 5.79. The van der Waals surface area contributed by atoms with Crippen LogP contribution in [0.1, 0.15) is 51.8 Å². The van der Waals surface area contributed by atoms with Crippen molar-refractivity contribution in [2.24, 2.45) is 0 Å². The van der Waals surface area contributed by atoms with Crippen LogP contribution in [0, 0.1) is 0 Å². The van der Waals surface area contributed by atoms with Crippen molar-refractivity contribution < 1.29 is 13.9 Å². The Morgan fingerprint density at radius 1 is 1.53 bits per heavy atom. The fourth-order valence-corrected chi connectivity index (χ4v) is 2.22. The summed E-state index contributed by atoms with van der Waals surface area (Å²) in [4.78, 5) is 17.8. The first kappa shape index (κ1) is 13.7. The topological polar surface area (TPSA) is 81.6 Å². The molecule has 6 nitrogen and oxygen atoms in total. The van der Waals surface area contributed by atoms with E-state index in [-0.39, 0.29) is 18.1 Å². The Labute approximate surface area is 112 Å². The smallest absolute Gasteiger partial charge is 0.410 e. The molecule has 0 bridgehead atoms. The molecule has 1 unspecified atom stereocenters. The predicted octanol–water partition coefficient (Wildman–Crippen LogP) is 2.72. The van der Waals surface area contributed by atoms with Gasteiger partial charge in [0.05, 0.1) is 12.2 Å². The number of nitrogen functional groups attached to an aromatic ring is 1. The summed E-state index contributed by atoms with van der Waals surface area (Å²) in [6.45, 7) is 6.24. The summed E-state index contributed by atoms with van der Waals surface area (Å²) in [7, 11) is 0. The summed E-state index contributed by atoms with van der Waals surface area (Å²) in [6.07, 6.45) is 4.13. The standard InChI is InChI=1S/C13H21N3O3/c1-13(2,3)19-12(17)16-7-5-4-6-9(16)10-8-15-11(14)18-10/h8-9H,4-7H2,1-3H3,(H2,14,15). The molecule has 1 aromatic rings. The van der Waals surface area contributed by atoms with Crippen LogP contribution < -0.4 is 5.73 Å². The molecular formula is C13H21N3O3. The lowest BCUT2D eigenvalue weighted by atomic mass is 10.0. The van der Waals surface area contributed by atoms with Gasteiger partial charge in [-0.15, -0.1) is 0 Å². The lowest BCUT2D eigenvalue weighted by Gasteiger charge is -2.35. The monoisotopic (exact) mass is 267 g/mol. The van der Waals surface area contributed by atoms with Crippen LogP contribution in [0.5, 0.6) is 0 Å². The molecule has 2 heterocycles. The molecule has 6 heteroatoms. The zero-order valence-corrected chi connectivity index (χ0v) is 11.7. The summed E-state index contributed by atoms with van der Waals surface area (Å²) in [6, 6.07) is -0.00175. The third kappa shape index (κ3) is 3.39. The molecule has 0 radical (unpaired) electrons. The van der Waals surface area contributed by atoms with E-state index >= 15 is 0 Å². The zero-order valence-electron chi connectivity index (χ0n) is 11.7. The van der Waals surface area contributed by atoms with E-state index in [9.17, 15) is 4.79 Å². The second-order valence-corrected chi connectivity index (χ2v) is 5.79. The van der Waals surface area contributed by atoms with E-state index < -0.39 is 5.60 Å². The molecule has 1 amide bonds. The Bertz CT molecular complexity index is 450. The molecule has 1 aromatic heterocycles. The summed E-state index contributed by atoms with van der Waals surface area (Å²) < 4.78 is 10.8. The van der Waals surface area contributed by atoms with Crippen molar-refractivity contribution in [3.05, 3.63) is 12.0 Å². The van der Waals surface area contributed by atoms with Crippen LogP contribution in [0.25, 0.3) is 0 Å². The van der Waals surface area contributed by atoms with Gasteiger partial charge in [-0.25, -0.2) is 9.78 Å². The fourth-order valence-electron chi connectivity index (χ4n) is 2.22. The van der Waals surface area contributed by atoms with Gasteiger partial charge in [-0.1, -0.05) is 0 Å². The summed E-state index contributed by atoms with van der Waals surface area (Å²) in [5.41, 5.74) is 5.00. The average molecular weight is 267 g/mol. The molecule has 0 aromatic carbocycles. The highest BCUT2D eigenvalue weighted by Gasteiger charge is 2.33. The van der Waals surface area contributed by atoms with Crippen LogP contribution in [-0.4, -0.2) is 28.1 Å². The van der Waals surface area contributed by atoms with Crippen LogP contribution in [0.2, 0.25) is 0 Å². The molecule has 19 heavy (non-hydrogen) atoms. The van der Waals surface area contributed by atoms with Crippen molar-refractivity contribution in [3.63, 3.8) is 0 Å². The van der Waals surface area contributed by atoms with Crippen molar-refractivity contribution in [1.82, 2.24) is 9.88 Å². The Kier molecular flexibility index (Phi) is 3.68. The third-order valence-electron chi connectivity index (χ3n) is 3.00. The highest BCUT2D eigenvalue weighted by molar-refractivity contribution is 5.68. The summed E-state index contributed by atoms with van der Waals surface area (Å²) in [5.74, 6) is 0.628. The van der Waals surface area contributed by atoms with Gasteiger partial charge in [0, 0.05) is 6.54 Å². The van der Waals surface area contributed by atoms with Gasteiger partial charge in [0.1, 0.15) is 11.4 Å². The lowest BCUT2D eigenvalue weighted by molar-refractivity contribution is 0.00693. The van der Waals surface area contributed by atoms with Gasteiger partial charge in [-0.3, -0.25) is 4.90 Å². The van der Waals surface area contributed by atoms with Crippen LogP contribution >= 0.6 is 0 Å². The molecule has 1 aliphatic heterocycles. The molecule has 0 aliphatic carbocycles. The first-order chi connectivity index (χ1) is 8.87. The number of nitrogens with two attached hydrogens (primary N) is 1. The zero-order chi connectivity index (χ0) is 14.0. The van der Waals surface area contributed by atoms with Crippen molar-refractivity contribution in [2.45, 2.75) is 51.7 Å². The van der Waals surface area contributed by atoms with Crippen LogP contribution in [0.4, 0.5) is 10.8 Å². The number of nitrogens with zero attached hydrogens (tertiary/aromatic N) is 2. The largest absolute Gasteiger partial charge is 0.444 e. The first-order valence-corrected chi connectivity index (χ1v) is 6.57. The molecule has 2 N–H and O–H groups in total. The van der Waals surface area contributed by atoms with E-state index in [1.165, 1.54) is 0 Å². The Balaban J connectivity index is 2.14. The van der Waals surface area contributed by atoms with E-state index in [1.54, 1.807) is 11.1 Å². The first-order valence-electron chi connectivity index (χ1n) is 6.57. The van der Waals surface area contributed by atoms with E-state index in [1.807, 2.05) is 20.8 Å². The maximum Gasteiger partial charge on any atom is 0.410 e. The van der Waals surface area contributed by atoms with Gasteiger partial charge < -0.3 is 14.9 Å². The van der Waals surface area contributed by atoms with E-state index in [0.29, 0.717) is 12.3 Å². The van der Waals surface area contributed by atoms with Gasteiger partial charge in [-0.2, -0.15) is 0 Å². The lowest BCUT2D eigenvalue weighted by Crippen LogP contribution is -2.41. The van der Waals surface area contributed by atoms with Crippen molar-refractivity contribution in [2.75, 3.05) is 12.3 Å². The maximum atomic E-state index is 12.2. The Hall–Kier alpha value is -1.72. The number of likely N-dealkylation sites (tertiary alicyclic amines) is 1. The molecule has 0 spiro atoms. The number of carbonyl (C=O) groups excluding carboxylic acids is 1. The molecule has 1 saturated heterocycles. The molecule has 1 aliphatic rings. The number of amides is 1. The minimum absolute atomic E-state index is 0.129. The van der Waals surface area contributed by atoms with Crippen molar-refractivity contribution >= 4 is 12.1 Å². The predicted molar refractivity (Wildman–Crippen MR) is 70.4 cm³/mol. The fraction of sp³-hybridized carbons (Fsp3) is 0.692. The number of hydrogen-bond donors (Lipinski definition) is 1. The van der Waals surface area contributed by atoms with Crippen molar-refractivity contribution in [3.8, 4) is 0 Å². The van der Waals surface area contributed by atoms with Crippen LogP contribution in [0.3, 0.4) is 0 Å². The number of aromatic nitrogens is 1. The molecule has 0 saturated carbocycles. The van der Waals surface area contributed by atoms with Crippen molar-refractivity contribution in [1.29, 1.82) is 0 Å². The van der Waals surface area contributed by atoms with E-state index in [2.05, 4.69) is 4.98 Å². The number of rotatable bonds is 1. The highest BCUT2D eigenvalue weighted by Crippen LogP contribution is 2.32. The Morgan fingerprint density at radius 3 is 2.84 bits per heavy atom. The Morgan fingerprint density at radius 2 is 2.26 bits per heavy atom.